The average molecular weight is 298 g/mol. The van der Waals surface area contributed by atoms with Crippen molar-refractivity contribution in [2.75, 3.05) is 26.2 Å². The van der Waals surface area contributed by atoms with Crippen LogP contribution in [0, 0.1) is 0 Å². The van der Waals surface area contributed by atoms with Crippen LogP contribution in [0.15, 0.2) is 24.5 Å². The Kier molecular flexibility index (Phi) is 4.13. The first-order valence-electron chi connectivity index (χ1n) is 8.79. The number of aromatic nitrogens is 2. The molecule has 118 valence electrons. The van der Waals surface area contributed by atoms with Crippen LogP contribution in [0.2, 0.25) is 0 Å². The first-order chi connectivity index (χ1) is 10.9. The van der Waals surface area contributed by atoms with Crippen LogP contribution >= 0.6 is 0 Å². The van der Waals surface area contributed by atoms with Crippen molar-refractivity contribution in [2.45, 2.75) is 44.7 Å². The van der Waals surface area contributed by atoms with E-state index in [4.69, 9.17) is 0 Å². The zero-order valence-corrected chi connectivity index (χ0v) is 13.3. The van der Waals surface area contributed by atoms with Gasteiger partial charge in [0, 0.05) is 19.1 Å². The third-order valence-electron chi connectivity index (χ3n) is 5.18. The zero-order valence-electron chi connectivity index (χ0n) is 13.3. The molecule has 0 amide bonds. The van der Waals surface area contributed by atoms with Crippen molar-refractivity contribution in [2.24, 2.45) is 0 Å². The van der Waals surface area contributed by atoms with Gasteiger partial charge < -0.3 is 9.88 Å². The lowest BCUT2D eigenvalue weighted by Gasteiger charge is -2.20. The molecule has 2 saturated heterocycles. The van der Waals surface area contributed by atoms with E-state index in [0.29, 0.717) is 6.04 Å². The Balaban J connectivity index is 1.68. The molecular weight excluding hydrogens is 272 g/mol. The molecule has 2 aliphatic rings. The summed E-state index contributed by atoms with van der Waals surface area (Å²) in [5.74, 6) is 0. The van der Waals surface area contributed by atoms with E-state index in [2.05, 4.69) is 44.3 Å². The molecule has 0 bridgehead atoms. The minimum Gasteiger partial charge on any atom is -0.326 e. The summed E-state index contributed by atoms with van der Waals surface area (Å²) in [5.41, 5.74) is 3.96. The van der Waals surface area contributed by atoms with Gasteiger partial charge in [-0.3, -0.25) is 4.90 Å². The summed E-state index contributed by atoms with van der Waals surface area (Å²) in [6.07, 6.45) is 8.63. The van der Waals surface area contributed by atoms with Crippen LogP contribution in [0.4, 0.5) is 0 Å². The van der Waals surface area contributed by atoms with Gasteiger partial charge >= 0.3 is 0 Å². The summed E-state index contributed by atoms with van der Waals surface area (Å²) in [7, 11) is 0. The van der Waals surface area contributed by atoms with Crippen LogP contribution in [0.1, 0.15) is 43.7 Å². The van der Waals surface area contributed by atoms with Gasteiger partial charge in [-0.2, -0.15) is 0 Å². The Morgan fingerprint density at radius 1 is 1.14 bits per heavy atom. The van der Waals surface area contributed by atoms with Gasteiger partial charge in [-0.25, -0.2) is 4.98 Å². The predicted molar refractivity (Wildman–Crippen MR) is 90.0 cm³/mol. The second kappa shape index (κ2) is 6.39. The Labute approximate surface area is 132 Å². The molecular formula is C18H26N4. The maximum Gasteiger partial charge on any atom is 0.0961 e. The van der Waals surface area contributed by atoms with E-state index >= 15 is 0 Å². The van der Waals surface area contributed by atoms with Crippen molar-refractivity contribution < 1.29 is 0 Å². The van der Waals surface area contributed by atoms with Gasteiger partial charge in [-0.1, -0.05) is 18.6 Å². The van der Waals surface area contributed by atoms with Crippen LogP contribution in [0.25, 0.3) is 11.0 Å². The number of rotatable bonds is 3. The molecule has 1 atom stereocenters. The third-order valence-corrected chi connectivity index (χ3v) is 5.18. The smallest absolute Gasteiger partial charge is 0.0961 e. The fourth-order valence-corrected chi connectivity index (χ4v) is 3.99. The summed E-state index contributed by atoms with van der Waals surface area (Å²) in [5, 5.41) is 3.58. The number of hydrogen-bond donors (Lipinski definition) is 1. The summed E-state index contributed by atoms with van der Waals surface area (Å²) in [6.45, 7) is 5.79. The molecule has 2 aromatic rings. The van der Waals surface area contributed by atoms with Gasteiger partial charge in [-0.05, 0) is 56.9 Å². The number of likely N-dealkylation sites (tertiary alicyclic amines) is 1. The molecule has 0 radical (unpaired) electrons. The van der Waals surface area contributed by atoms with E-state index < -0.39 is 0 Å². The normalized spacial score (nSPS) is 23.9. The lowest BCUT2D eigenvalue weighted by molar-refractivity contribution is 0.332. The highest BCUT2D eigenvalue weighted by molar-refractivity contribution is 5.79. The van der Waals surface area contributed by atoms with Gasteiger partial charge in [0.05, 0.1) is 17.4 Å². The zero-order chi connectivity index (χ0) is 14.8. The fourth-order valence-electron chi connectivity index (χ4n) is 3.99. The summed E-state index contributed by atoms with van der Waals surface area (Å²) >= 11 is 0. The first kappa shape index (κ1) is 14.2. The molecule has 4 nitrogen and oxygen atoms in total. The van der Waals surface area contributed by atoms with Crippen LogP contribution < -0.4 is 5.32 Å². The lowest BCUT2D eigenvalue weighted by Crippen LogP contribution is -2.24. The standard InChI is InChI=1S/C18H26N4/c1-2-9-19-12-16(7-1)22-14-20-17-8-5-6-15(18(17)22)13-21-10-3-4-11-21/h5-6,8,14,16,19H,1-4,7,9-13H2. The van der Waals surface area contributed by atoms with E-state index in [1.54, 1.807) is 0 Å². The molecule has 3 heterocycles. The first-order valence-corrected chi connectivity index (χ1v) is 8.79. The molecule has 1 aromatic carbocycles. The number of nitrogens with one attached hydrogen (secondary N) is 1. The number of imidazole rings is 1. The Bertz CT molecular complexity index is 619. The molecule has 4 rings (SSSR count). The van der Waals surface area contributed by atoms with Crippen LogP contribution in [0.3, 0.4) is 0 Å². The highest BCUT2D eigenvalue weighted by Crippen LogP contribution is 2.27. The van der Waals surface area contributed by atoms with Crippen molar-refractivity contribution in [3.05, 3.63) is 30.1 Å². The molecule has 0 spiro atoms. The van der Waals surface area contributed by atoms with Gasteiger partial charge in [-0.15, -0.1) is 0 Å². The van der Waals surface area contributed by atoms with Gasteiger partial charge in [0.1, 0.15) is 0 Å². The fraction of sp³-hybridized carbons (Fsp3) is 0.611. The van der Waals surface area contributed by atoms with Gasteiger partial charge in [0.2, 0.25) is 0 Å². The lowest BCUT2D eigenvalue weighted by atomic mass is 10.1. The Morgan fingerprint density at radius 2 is 2.05 bits per heavy atom. The number of para-hydroxylation sites is 1. The minimum atomic E-state index is 0.548. The highest BCUT2D eigenvalue weighted by atomic mass is 15.1. The van der Waals surface area contributed by atoms with E-state index in [1.165, 1.54) is 56.3 Å². The minimum absolute atomic E-state index is 0.548. The van der Waals surface area contributed by atoms with E-state index in [-0.39, 0.29) is 0 Å². The van der Waals surface area contributed by atoms with E-state index in [0.717, 1.165) is 25.2 Å². The second-order valence-electron chi connectivity index (χ2n) is 6.77. The highest BCUT2D eigenvalue weighted by Gasteiger charge is 2.19. The van der Waals surface area contributed by atoms with Crippen molar-refractivity contribution in [3.8, 4) is 0 Å². The largest absolute Gasteiger partial charge is 0.326 e. The number of benzene rings is 1. The quantitative estimate of drug-likeness (QED) is 0.946. The SMILES string of the molecule is c1cc(CN2CCCC2)c2c(c1)ncn2C1CCCCNC1. The average Bonchev–Trinajstić information content (AvgIpc) is 3.12. The maximum atomic E-state index is 4.68. The van der Waals surface area contributed by atoms with E-state index in [9.17, 15) is 0 Å². The number of hydrogen-bond acceptors (Lipinski definition) is 3. The molecule has 1 N–H and O–H groups in total. The van der Waals surface area contributed by atoms with E-state index in [1.807, 2.05) is 0 Å². The summed E-state index contributed by atoms with van der Waals surface area (Å²) < 4.78 is 2.44. The van der Waals surface area contributed by atoms with Crippen LogP contribution in [0.5, 0.6) is 0 Å². The monoisotopic (exact) mass is 298 g/mol. The van der Waals surface area contributed by atoms with Gasteiger partial charge in [0.25, 0.3) is 0 Å². The molecule has 0 saturated carbocycles. The molecule has 22 heavy (non-hydrogen) atoms. The molecule has 4 heteroatoms. The Hall–Kier alpha value is -1.39. The number of nitrogens with zero attached hydrogens (tertiary/aromatic N) is 3. The van der Waals surface area contributed by atoms with Crippen molar-refractivity contribution in [1.29, 1.82) is 0 Å². The summed E-state index contributed by atoms with van der Waals surface area (Å²) in [4.78, 5) is 7.26. The van der Waals surface area contributed by atoms with Crippen LogP contribution in [-0.2, 0) is 6.54 Å². The van der Waals surface area contributed by atoms with Gasteiger partial charge in [0.15, 0.2) is 0 Å². The molecule has 2 fully saturated rings. The maximum absolute atomic E-state index is 4.68. The number of fused-ring (bicyclic) bond motifs is 1. The second-order valence-corrected chi connectivity index (χ2v) is 6.77. The molecule has 1 unspecified atom stereocenters. The molecule has 1 aromatic heterocycles. The Morgan fingerprint density at radius 3 is 2.95 bits per heavy atom. The van der Waals surface area contributed by atoms with Crippen molar-refractivity contribution >= 4 is 11.0 Å². The molecule has 2 aliphatic heterocycles. The van der Waals surface area contributed by atoms with Crippen LogP contribution in [-0.4, -0.2) is 40.6 Å². The third kappa shape index (κ3) is 2.77. The van der Waals surface area contributed by atoms with Crippen molar-refractivity contribution in [3.63, 3.8) is 0 Å². The molecule has 0 aliphatic carbocycles. The van der Waals surface area contributed by atoms with Crippen molar-refractivity contribution in [1.82, 2.24) is 19.8 Å². The predicted octanol–water partition coefficient (Wildman–Crippen LogP) is 2.95. The topological polar surface area (TPSA) is 33.1 Å². The summed E-state index contributed by atoms with van der Waals surface area (Å²) in [6, 6.07) is 7.16.